The molecule has 0 radical (unpaired) electrons. The van der Waals surface area contributed by atoms with Crippen molar-refractivity contribution in [2.75, 3.05) is 11.1 Å². The number of carboxylic acids is 1. The maximum Gasteiger partial charge on any atom is 0.335 e. The van der Waals surface area contributed by atoms with Gasteiger partial charge in [0.15, 0.2) is 0 Å². The number of hydrogen-bond donors (Lipinski definition) is 3. The standard InChI is InChI=1S/C14H13N3O3/c15-10-3-6-12(16-8-10)7-13(18)17-11-4-1-9(2-5-11)14(19)20/h1-6,8H,7,15H2,(H,17,18)(H,19,20). The summed E-state index contributed by atoms with van der Waals surface area (Å²) < 4.78 is 0. The summed E-state index contributed by atoms with van der Waals surface area (Å²) in [6, 6.07) is 9.30. The summed E-state index contributed by atoms with van der Waals surface area (Å²) in [6.07, 6.45) is 1.62. The Morgan fingerprint density at radius 1 is 1.15 bits per heavy atom. The minimum atomic E-state index is -1.01. The van der Waals surface area contributed by atoms with E-state index in [4.69, 9.17) is 10.8 Å². The third kappa shape index (κ3) is 3.55. The van der Waals surface area contributed by atoms with Crippen molar-refractivity contribution in [3.8, 4) is 0 Å². The summed E-state index contributed by atoms with van der Waals surface area (Å²) in [5, 5.41) is 11.4. The van der Waals surface area contributed by atoms with Crippen LogP contribution < -0.4 is 11.1 Å². The summed E-state index contributed by atoms with van der Waals surface area (Å²) >= 11 is 0. The molecular formula is C14H13N3O3. The number of carbonyl (C=O) groups excluding carboxylic acids is 1. The fraction of sp³-hybridized carbons (Fsp3) is 0.0714. The van der Waals surface area contributed by atoms with Crippen molar-refractivity contribution < 1.29 is 14.7 Å². The molecule has 0 fully saturated rings. The number of hydrogen-bond acceptors (Lipinski definition) is 4. The maximum absolute atomic E-state index is 11.8. The number of aromatic carboxylic acids is 1. The molecule has 0 aliphatic heterocycles. The van der Waals surface area contributed by atoms with E-state index in [0.29, 0.717) is 17.1 Å². The summed E-state index contributed by atoms with van der Waals surface area (Å²) in [4.78, 5) is 26.5. The van der Waals surface area contributed by atoms with E-state index in [-0.39, 0.29) is 17.9 Å². The van der Waals surface area contributed by atoms with E-state index in [1.54, 1.807) is 12.1 Å². The van der Waals surface area contributed by atoms with Gasteiger partial charge in [-0.05, 0) is 36.4 Å². The maximum atomic E-state index is 11.8. The predicted molar refractivity (Wildman–Crippen MR) is 74.4 cm³/mol. The first-order chi connectivity index (χ1) is 9.54. The second kappa shape index (κ2) is 5.83. The van der Waals surface area contributed by atoms with Crippen LogP contribution in [0.5, 0.6) is 0 Å². The van der Waals surface area contributed by atoms with Crippen LogP contribution in [0.2, 0.25) is 0 Å². The number of amides is 1. The van der Waals surface area contributed by atoms with Crippen LogP contribution in [-0.2, 0) is 11.2 Å². The topological polar surface area (TPSA) is 105 Å². The van der Waals surface area contributed by atoms with E-state index >= 15 is 0 Å². The van der Waals surface area contributed by atoms with Crippen molar-refractivity contribution in [3.05, 3.63) is 53.9 Å². The lowest BCUT2D eigenvalue weighted by atomic mass is 10.2. The molecular weight excluding hydrogens is 258 g/mol. The van der Waals surface area contributed by atoms with Gasteiger partial charge in [-0.3, -0.25) is 9.78 Å². The first kappa shape index (κ1) is 13.5. The van der Waals surface area contributed by atoms with Gasteiger partial charge in [0.1, 0.15) is 0 Å². The molecule has 0 spiro atoms. The average Bonchev–Trinajstić information content (AvgIpc) is 2.42. The summed E-state index contributed by atoms with van der Waals surface area (Å²) in [5.41, 5.74) is 7.37. The van der Waals surface area contributed by atoms with E-state index in [1.165, 1.54) is 30.5 Å². The molecule has 102 valence electrons. The van der Waals surface area contributed by atoms with Crippen LogP contribution >= 0.6 is 0 Å². The molecule has 0 aliphatic carbocycles. The summed E-state index contributed by atoms with van der Waals surface area (Å²) in [7, 11) is 0. The Balaban J connectivity index is 1.97. The number of anilines is 2. The molecule has 0 atom stereocenters. The fourth-order valence-corrected chi connectivity index (χ4v) is 1.61. The van der Waals surface area contributed by atoms with Gasteiger partial charge in [0.2, 0.25) is 5.91 Å². The van der Waals surface area contributed by atoms with Crippen LogP contribution in [0.4, 0.5) is 11.4 Å². The Labute approximate surface area is 115 Å². The second-order valence-electron chi connectivity index (χ2n) is 4.19. The van der Waals surface area contributed by atoms with E-state index in [2.05, 4.69) is 10.3 Å². The number of nitrogens with one attached hydrogen (secondary N) is 1. The molecule has 0 unspecified atom stereocenters. The number of carbonyl (C=O) groups is 2. The third-order valence-electron chi connectivity index (χ3n) is 2.60. The van der Waals surface area contributed by atoms with Crippen LogP contribution in [0.1, 0.15) is 16.1 Å². The minimum absolute atomic E-state index is 0.126. The Morgan fingerprint density at radius 3 is 2.40 bits per heavy atom. The fourth-order valence-electron chi connectivity index (χ4n) is 1.61. The smallest absolute Gasteiger partial charge is 0.335 e. The largest absolute Gasteiger partial charge is 0.478 e. The summed E-state index contributed by atoms with van der Waals surface area (Å²) in [5.74, 6) is -1.24. The lowest BCUT2D eigenvalue weighted by Crippen LogP contribution is -2.15. The highest BCUT2D eigenvalue weighted by atomic mass is 16.4. The van der Waals surface area contributed by atoms with Crippen molar-refractivity contribution in [2.45, 2.75) is 6.42 Å². The monoisotopic (exact) mass is 271 g/mol. The summed E-state index contributed by atoms with van der Waals surface area (Å²) in [6.45, 7) is 0. The van der Waals surface area contributed by atoms with Gasteiger partial charge in [-0.25, -0.2) is 4.79 Å². The van der Waals surface area contributed by atoms with Crippen LogP contribution in [0.15, 0.2) is 42.6 Å². The van der Waals surface area contributed by atoms with Gasteiger partial charge in [0.05, 0.1) is 23.9 Å². The van der Waals surface area contributed by atoms with Crippen molar-refractivity contribution >= 4 is 23.3 Å². The zero-order valence-corrected chi connectivity index (χ0v) is 10.5. The minimum Gasteiger partial charge on any atom is -0.478 e. The highest BCUT2D eigenvalue weighted by molar-refractivity contribution is 5.93. The lowest BCUT2D eigenvalue weighted by Gasteiger charge is -2.05. The van der Waals surface area contributed by atoms with Gasteiger partial charge in [-0.2, -0.15) is 0 Å². The number of nitrogens with zero attached hydrogens (tertiary/aromatic N) is 1. The number of rotatable bonds is 4. The molecule has 20 heavy (non-hydrogen) atoms. The molecule has 4 N–H and O–H groups in total. The molecule has 1 aromatic carbocycles. The number of nitrogens with two attached hydrogens (primary N) is 1. The number of benzene rings is 1. The Morgan fingerprint density at radius 2 is 1.85 bits per heavy atom. The highest BCUT2D eigenvalue weighted by Crippen LogP contribution is 2.10. The van der Waals surface area contributed by atoms with E-state index in [9.17, 15) is 9.59 Å². The van der Waals surface area contributed by atoms with Crippen LogP contribution in [0.25, 0.3) is 0 Å². The SMILES string of the molecule is Nc1ccc(CC(=O)Nc2ccc(C(=O)O)cc2)nc1. The number of nitrogen functional groups attached to an aromatic ring is 1. The quantitative estimate of drug-likeness (QED) is 0.782. The number of carboxylic acid groups (broad SMARTS) is 1. The zero-order chi connectivity index (χ0) is 14.5. The normalized spacial score (nSPS) is 10.0. The van der Waals surface area contributed by atoms with Gasteiger partial charge < -0.3 is 16.2 Å². The molecule has 6 heteroatoms. The van der Waals surface area contributed by atoms with Gasteiger partial charge in [-0.1, -0.05) is 0 Å². The Kier molecular flexibility index (Phi) is 3.95. The van der Waals surface area contributed by atoms with Crippen LogP contribution in [-0.4, -0.2) is 22.0 Å². The molecule has 1 aromatic heterocycles. The molecule has 1 amide bonds. The predicted octanol–water partition coefficient (Wildman–Crippen LogP) is 1.54. The van der Waals surface area contributed by atoms with Crippen molar-refractivity contribution in [1.82, 2.24) is 4.98 Å². The second-order valence-corrected chi connectivity index (χ2v) is 4.19. The molecule has 0 saturated heterocycles. The average molecular weight is 271 g/mol. The van der Waals surface area contributed by atoms with Crippen LogP contribution in [0.3, 0.4) is 0 Å². The first-order valence-electron chi connectivity index (χ1n) is 5.88. The van der Waals surface area contributed by atoms with E-state index < -0.39 is 5.97 Å². The zero-order valence-electron chi connectivity index (χ0n) is 10.5. The number of aromatic nitrogens is 1. The van der Waals surface area contributed by atoms with Gasteiger partial charge in [0.25, 0.3) is 0 Å². The molecule has 2 aromatic rings. The van der Waals surface area contributed by atoms with Gasteiger partial charge >= 0.3 is 5.97 Å². The van der Waals surface area contributed by atoms with E-state index in [0.717, 1.165) is 0 Å². The molecule has 6 nitrogen and oxygen atoms in total. The van der Waals surface area contributed by atoms with Crippen LogP contribution in [0, 0.1) is 0 Å². The Bertz CT molecular complexity index is 621. The molecule has 1 heterocycles. The van der Waals surface area contributed by atoms with Gasteiger partial charge in [-0.15, -0.1) is 0 Å². The highest BCUT2D eigenvalue weighted by Gasteiger charge is 2.06. The molecule has 2 rings (SSSR count). The van der Waals surface area contributed by atoms with Crippen molar-refractivity contribution in [2.24, 2.45) is 0 Å². The molecule has 0 bridgehead atoms. The molecule has 0 saturated carbocycles. The van der Waals surface area contributed by atoms with Crippen molar-refractivity contribution in [1.29, 1.82) is 0 Å². The Hall–Kier alpha value is -2.89. The third-order valence-corrected chi connectivity index (χ3v) is 2.60. The first-order valence-corrected chi connectivity index (χ1v) is 5.88. The van der Waals surface area contributed by atoms with E-state index in [1.807, 2.05) is 0 Å². The van der Waals surface area contributed by atoms with Gasteiger partial charge in [0, 0.05) is 11.4 Å². The van der Waals surface area contributed by atoms with Crippen molar-refractivity contribution in [3.63, 3.8) is 0 Å². The molecule has 0 aliphatic rings. The number of pyridine rings is 1. The lowest BCUT2D eigenvalue weighted by molar-refractivity contribution is -0.115.